The molecule has 1 atom stereocenters. The second kappa shape index (κ2) is 12.2. The number of unbranched alkanes of at least 4 members (excludes halogenated alkanes) is 5. The van der Waals surface area contributed by atoms with Crippen molar-refractivity contribution >= 4 is 12.2 Å². The smallest absolute Gasteiger partial charge is 0.143 e. The molecule has 1 aliphatic rings. The van der Waals surface area contributed by atoms with Crippen LogP contribution in [0.25, 0.3) is 0 Å². The predicted octanol–water partition coefficient (Wildman–Crippen LogP) is 2.62. The van der Waals surface area contributed by atoms with Crippen molar-refractivity contribution in [3.63, 3.8) is 0 Å². The van der Waals surface area contributed by atoms with Crippen LogP contribution in [0.2, 0.25) is 0 Å². The van der Waals surface area contributed by atoms with Crippen LogP contribution in [-0.4, -0.2) is 29.8 Å². The molecular weight excluding hydrogens is 238 g/mol. The lowest BCUT2D eigenvalue weighted by Crippen LogP contribution is -2.16. The van der Waals surface area contributed by atoms with Crippen molar-refractivity contribution < 1.29 is 14.5 Å². The summed E-state index contributed by atoms with van der Waals surface area (Å²) in [5.74, 6) is -0.204. The molecule has 0 aromatic rings. The zero-order chi connectivity index (χ0) is 14.5. The highest BCUT2D eigenvalue weighted by atomic mass is 16.4. The third-order valence-corrected chi connectivity index (χ3v) is 3.53. The molecule has 1 unspecified atom stereocenters. The number of carboxylic acid groups (broad SMARTS) is 1. The van der Waals surface area contributed by atoms with Crippen LogP contribution >= 0.6 is 0 Å². The molecule has 0 amide bonds. The van der Waals surface area contributed by atoms with E-state index in [9.17, 15) is 0 Å². The van der Waals surface area contributed by atoms with Crippen LogP contribution in [0, 0.1) is 5.92 Å². The van der Waals surface area contributed by atoms with Gasteiger partial charge in [0.2, 0.25) is 0 Å². The number of carbonyl (C=O) groups excluding carboxylic acids is 1. The Morgan fingerprint density at radius 3 is 2.32 bits per heavy atom. The van der Waals surface area contributed by atoms with Crippen molar-refractivity contribution in [1.82, 2.24) is 0 Å². The van der Waals surface area contributed by atoms with Gasteiger partial charge in [-0.2, -0.15) is 0 Å². The molecule has 112 valence electrons. The van der Waals surface area contributed by atoms with E-state index in [2.05, 4.69) is 24.6 Å². The fraction of sp³-hybridized carbons (Fsp3) is 0.875. The Labute approximate surface area is 118 Å². The van der Waals surface area contributed by atoms with Crippen LogP contribution in [0.15, 0.2) is 0 Å². The molecule has 0 saturated heterocycles. The molecule has 0 radical (unpaired) electrons. The summed E-state index contributed by atoms with van der Waals surface area (Å²) >= 11 is 0. The number of aliphatic carboxylic acids is 1. The van der Waals surface area contributed by atoms with Gasteiger partial charge in [0.1, 0.15) is 19.3 Å². The summed E-state index contributed by atoms with van der Waals surface area (Å²) in [7, 11) is 0. The molecule has 0 N–H and O–H groups in total. The average Bonchev–Trinajstić information content (AvgIpc) is 2.81. The molecule has 1 rings (SSSR count). The number of carbonyl (C=O) groups is 1. The molecular formula is C16H31NO2. The van der Waals surface area contributed by atoms with Gasteiger partial charge in [-0.3, -0.25) is 0 Å². The van der Waals surface area contributed by atoms with E-state index in [0.717, 1.165) is 12.8 Å². The standard InChI is InChI=1S/C14H28N.C2H4O2/c1-3-5-6-7-8-9-11-15-12-10-14(4-2)13-15;1-2(3)4/h13-14H,3-12H2,1-2H3;1H3,(H,3,4)/q+1;/p-1. The monoisotopic (exact) mass is 269 g/mol. The largest absolute Gasteiger partial charge is 0.550 e. The van der Waals surface area contributed by atoms with Crippen molar-refractivity contribution in [1.29, 1.82) is 0 Å². The maximum absolute atomic E-state index is 8.89. The summed E-state index contributed by atoms with van der Waals surface area (Å²) in [5, 5.41) is 8.89. The second-order valence-electron chi connectivity index (χ2n) is 5.40. The Balaban J connectivity index is 0.000000711. The van der Waals surface area contributed by atoms with Gasteiger partial charge in [-0.15, -0.1) is 0 Å². The van der Waals surface area contributed by atoms with Crippen LogP contribution < -0.4 is 5.11 Å². The fourth-order valence-corrected chi connectivity index (χ4v) is 2.37. The summed E-state index contributed by atoms with van der Waals surface area (Å²) in [5.41, 5.74) is 0. The first kappa shape index (κ1) is 18.1. The molecule has 3 heteroatoms. The highest BCUT2D eigenvalue weighted by Gasteiger charge is 2.19. The van der Waals surface area contributed by atoms with E-state index in [1.54, 1.807) is 0 Å². The first-order valence-electron chi connectivity index (χ1n) is 7.86. The van der Waals surface area contributed by atoms with Gasteiger partial charge in [-0.1, -0.05) is 39.5 Å². The maximum atomic E-state index is 8.89. The van der Waals surface area contributed by atoms with E-state index < -0.39 is 5.97 Å². The lowest BCUT2D eigenvalue weighted by atomic mass is 10.1. The summed E-state index contributed by atoms with van der Waals surface area (Å²) in [6.07, 6.45) is 13.7. The molecule has 0 aliphatic carbocycles. The Morgan fingerprint density at radius 2 is 1.79 bits per heavy atom. The van der Waals surface area contributed by atoms with Gasteiger partial charge in [0.05, 0.1) is 0 Å². The average molecular weight is 269 g/mol. The first-order valence-corrected chi connectivity index (χ1v) is 7.86. The van der Waals surface area contributed by atoms with E-state index in [0.29, 0.717) is 0 Å². The van der Waals surface area contributed by atoms with Gasteiger partial charge in [-0.25, -0.2) is 4.58 Å². The summed E-state index contributed by atoms with van der Waals surface area (Å²) in [6.45, 7) is 8.18. The summed E-state index contributed by atoms with van der Waals surface area (Å²) < 4.78 is 2.55. The van der Waals surface area contributed by atoms with Crippen molar-refractivity contribution in [2.24, 2.45) is 5.92 Å². The zero-order valence-electron chi connectivity index (χ0n) is 13.0. The molecule has 0 saturated carbocycles. The lowest BCUT2D eigenvalue weighted by molar-refractivity contribution is -0.516. The minimum Gasteiger partial charge on any atom is -0.550 e. The highest BCUT2D eigenvalue weighted by molar-refractivity contribution is 5.60. The molecule has 0 fully saturated rings. The topological polar surface area (TPSA) is 43.1 Å². The minimum atomic E-state index is -1.08. The van der Waals surface area contributed by atoms with Crippen LogP contribution in [0.5, 0.6) is 0 Å². The molecule has 19 heavy (non-hydrogen) atoms. The third kappa shape index (κ3) is 11.9. The number of rotatable bonds is 8. The lowest BCUT2D eigenvalue weighted by Gasteiger charge is -1.99. The van der Waals surface area contributed by atoms with Gasteiger partial charge in [0.25, 0.3) is 0 Å². The number of hydrogen-bond acceptors (Lipinski definition) is 2. The van der Waals surface area contributed by atoms with E-state index in [1.807, 2.05) is 0 Å². The SMILES string of the molecule is CC(=O)[O-].CCCCCCCC[N+]1=CC(CC)CC1. The quantitative estimate of drug-likeness (QED) is 0.502. The van der Waals surface area contributed by atoms with Gasteiger partial charge in [0.15, 0.2) is 0 Å². The molecule has 1 heterocycles. The first-order chi connectivity index (χ1) is 9.10. The van der Waals surface area contributed by atoms with Gasteiger partial charge >= 0.3 is 0 Å². The van der Waals surface area contributed by atoms with Crippen molar-refractivity contribution in [3.05, 3.63) is 0 Å². The normalized spacial score (nSPS) is 17.6. The summed E-state index contributed by atoms with van der Waals surface area (Å²) in [6, 6.07) is 0. The number of hydrogen-bond donors (Lipinski definition) is 0. The van der Waals surface area contributed by atoms with E-state index in [1.165, 1.54) is 64.5 Å². The Hall–Kier alpha value is -0.860. The van der Waals surface area contributed by atoms with Crippen LogP contribution in [0.4, 0.5) is 0 Å². The Morgan fingerprint density at radius 1 is 1.21 bits per heavy atom. The predicted molar refractivity (Wildman–Crippen MR) is 78.5 cm³/mol. The molecule has 0 spiro atoms. The number of nitrogens with zero attached hydrogens (tertiary/aromatic N) is 1. The molecule has 0 aromatic carbocycles. The van der Waals surface area contributed by atoms with Crippen LogP contribution in [-0.2, 0) is 4.79 Å². The van der Waals surface area contributed by atoms with Crippen molar-refractivity contribution in [2.45, 2.75) is 72.1 Å². The minimum absolute atomic E-state index is 0.880. The van der Waals surface area contributed by atoms with E-state index in [-0.39, 0.29) is 0 Å². The molecule has 0 bridgehead atoms. The Bertz CT molecular complexity index is 257. The second-order valence-corrected chi connectivity index (χ2v) is 5.40. The molecule has 0 aromatic heterocycles. The molecule has 3 nitrogen and oxygen atoms in total. The Kier molecular flexibility index (Phi) is 11.6. The van der Waals surface area contributed by atoms with Gasteiger partial charge in [-0.05, 0) is 19.8 Å². The summed E-state index contributed by atoms with van der Waals surface area (Å²) in [4.78, 5) is 8.89. The fourth-order valence-electron chi connectivity index (χ4n) is 2.37. The maximum Gasteiger partial charge on any atom is 0.143 e. The number of carboxylic acids is 1. The zero-order valence-corrected chi connectivity index (χ0v) is 13.0. The highest BCUT2D eigenvalue weighted by Crippen LogP contribution is 2.12. The van der Waals surface area contributed by atoms with Gasteiger partial charge in [0, 0.05) is 24.7 Å². The van der Waals surface area contributed by atoms with E-state index >= 15 is 0 Å². The van der Waals surface area contributed by atoms with Gasteiger partial charge < -0.3 is 9.90 Å². The van der Waals surface area contributed by atoms with Crippen LogP contribution in [0.1, 0.15) is 72.1 Å². The van der Waals surface area contributed by atoms with Crippen molar-refractivity contribution in [2.75, 3.05) is 13.1 Å². The van der Waals surface area contributed by atoms with E-state index in [4.69, 9.17) is 9.90 Å². The van der Waals surface area contributed by atoms with Crippen molar-refractivity contribution in [3.8, 4) is 0 Å². The third-order valence-electron chi connectivity index (χ3n) is 3.53. The van der Waals surface area contributed by atoms with Crippen LogP contribution in [0.3, 0.4) is 0 Å². The molecule has 1 aliphatic heterocycles.